The molecule has 2 aromatic carbocycles. The number of thioether (sulfide) groups is 1. The SMILES string of the molecule is CCN(Cc1ccccc1)C(=O)CNC(=O)C(C)SCC(=O)Nc1ccc(C)cc1. The van der Waals surface area contributed by atoms with Crippen molar-refractivity contribution in [1.82, 2.24) is 10.2 Å². The number of anilines is 1. The Morgan fingerprint density at radius 2 is 1.70 bits per heavy atom. The van der Waals surface area contributed by atoms with Crippen LogP contribution in [0, 0.1) is 6.92 Å². The third kappa shape index (κ3) is 7.91. The predicted octanol–water partition coefficient (Wildman–Crippen LogP) is 3.22. The van der Waals surface area contributed by atoms with E-state index in [2.05, 4.69) is 10.6 Å². The molecule has 2 N–H and O–H groups in total. The highest BCUT2D eigenvalue weighted by molar-refractivity contribution is 8.01. The molecule has 0 radical (unpaired) electrons. The number of nitrogens with zero attached hydrogens (tertiary/aromatic N) is 1. The Bertz CT molecular complexity index is 841. The molecule has 1 atom stereocenters. The third-order valence-electron chi connectivity index (χ3n) is 4.53. The summed E-state index contributed by atoms with van der Waals surface area (Å²) in [6, 6.07) is 17.3. The van der Waals surface area contributed by atoms with Crippen molar-refractivity contribution < 1.29 is 14.4 Å². The molecule has 3 amide bonds. The van der Waals surface area contributed by atoms with Crippen molar-refractivity contribution in [2.75, 3.05) is 24.2 Å². The lowest BCUT2D eigenvalue weighted by Crippen LogP contribution is -2.42. The van der Waals surface area contributed by atoms with Gasteiger partial charge in [-0.2, -0.15) is 0 Å². The van der Waals surface area contributed by atoms with Crippen molar-refractivity contribution >= 4 is 35.2 Å². The number of carbonyl (C=O) groups excluding carboxylic acids is 3. The van der Waals surface area contributed by atoms with E-state index in [-0.39, 0.29) is 30.0 Å². The molecule has 2 rings (SSSR count). The van der Waals surface area contributed by atoms with E-state index in [0.717, 1.165) is 16.8 Å². The van der Waals surface area contributed by atoms with Gasteiger partial charge in [0.05, 0.1) is 17.5 Å². The van der Waals surface area contributed by atoms with E-state index in [1.165, 1.54) is 11.8 Å². The van der Waals surface area contributed by atoms with Crippen molar-refractivity contribution in [2.45, 2.75) is 32.6 Å². The zero-order valence-electron chi connectivity index (χ0n) is 17.7. The summed E-state index contributed by atoms with van der Waals surface area (Å²) in [5.41, 5.74) is 2.89. The lowest BCUT2D eigenvalue weighted by molar-refractivity contribution is -0.133. The Kier molecular flexibility index (Phi) is 9.41. The van der Waals surface area contributed by atoms with Gasteiger partial charge in [-0.1, -0.05) is 48.0 Å². The maximum Gasteiger partial charge on any atom is 0.242 e. The van der Waals surface area contributed by atoms with Crippen LogP contribution in [0.4, 0.5) is 5.69 Å². The Labute approximate surface area is 182 Å². The lowest BCUT2D eigenvalue weighted by atomic mass is 10.2. The van der Waals surface area contributed by atoms with E-state index in [4.69, 9.17) is 0 Å². The minimum atomic E-state index is -0.439. The second-order valence-electron chi connectivity index (χ2n) is 6.98. The van der Waals surface area contributed by atoms with E-state index in [1.54, 1.807) is 11.8 Å². The molecule has 0 saturated heterocycles. The van der Waals surface area contributed by atoms with Crippen molar-refractivity contribution in [1.29, 1.82) is 0 Å². The van der Waals surface area contributed by atoms with Gasteiger partial charge >= 0.3 is 0 Å². The van der Waals surface area contributed by atoms with Crippen LogP contribution in [0.5, 0.6) is 0 Å². The molecule has 0 bridgehead atoms. The van der Waals surface area contributed by atoms with Crippen molar-refractivity contribution in [3.63, 3.8) is 0 Å². The molecule has 30 heavy (non-hydrogen) atoms. The molecule has 0 spiro atoms. The maximum atomic E-state index is 12.4. The number of hydrogen-bond donors (Lipinski definition) is 2. The first-order chi connectivity index (χ1) is 14.4. The first-order valence-corrected chi connectivity index (χ1v) is 11.0. The van der Waals surface area contributed by atoms with Gasteiger partial charge in [-0.3, -0.25) is 14.4 Å². The quantitative estimate of drug-likeness (QED) is 0.610. The van der Waals surface area contributed by atoms with E-state index < -0.39 is 5.25 Å². The molecule has 6 nitrogen and oxygen atoms in total. The Morgan fingerprint density at radius 1 is 1.03 bits per heavy atom. The fourth-order valence-electron chi connectivity index (χ4n) is 2.71. The van der Waals surface area contributed by atoms with Crippen LogP contribution >= 0.6 is 11.8 Å². The van der Waals surface area contributed by atoms with Gasteiger partial charge in [0.2, 0.25) is 17.7 Å². The molecule has 0 aromatic heterocycles. The fraction of sp³-hybridized carbons (Fsp3) is 0.348. The van der Waals surface area contributed by atoms with Crippen LogP contribution in [-0.2, 0) is 20.9 Å². The van der Waals surface area contributed by atoms with Gasteiger partial charge in [0, 0.05) is 18.8 Å². The first kappa shape index (κ1) is 23.5. The number of likely N-dealkylation sites (N-methyl/N-ethyl adjacent to an activating group) is 1. The van der Waals surface area contributed by atoms with Crippen molar-refractivity contribution in [3.05, 3.63) is 65.7 Å². The molecule has 0 heterocycles. The average molecular weight is 428 g/mol. The Morgan fingerprint density at radius 3 is 2.33 bits per heavy atom. The number of rotatable bonds is 10. The largest absolute Gasteiger partial charge is 0.346 e. The number of aryl methyl sites for hydroxylation is 1. The number of benzene rings is 2. The zero-order valence-corrected chi connectivity index (χ0v) is 18.5. The molecule has 160 valence electrons. The van der Waals surface area contributed by atoms with Crippen molar-refractivity contribution in [3.8, 4) is 0 Å². The van der Waals surface area contributed by atoms with Crippen LogP contribution in [0.2, 0.25) is 0 Å². The molecule has 0 saturated carbocycles. The number of nitrogens with one attached hydrogen (secondary N) is 2. The summed E-state index contributed by atoms with van der Waals surface area (Å²) in [6.45, 7) is 6.63. The van der Waals surface area contributed by atoms with Gasteiger partial charge in [0.1, 0.15) is 0 Å². The highest BCUT2D eigenvalue weighted by Crippen LogP contribution is 2.13. The number of amides is 3. The highest BCUT2D eigenvalue weighted by Gasteiger charge is 2.18. The van der Waals surface area contributed by atoms with Gasteiger partial charge in [-0.15, -0.1) is 11.8 Å². The fourth-order valence-corrected chi connectivity index (χ4v) is 3.42. The van der Waals surface area contributed by atoms with Gasteiger partial charge in [0.25, 0.3) is 0 Å². The topological polar surface area (TPSA) is 78.5 Å². The Hall–Kier alpha value is -2.80. The monoisotopic (exact) mass is 427 g/mol. The summed E-state index contributed by atoms with van der Waals surface area (Å²) < 4.78 is 0. The third-order valence-corrected chi connectivity index (χ3v) is 5.68. The first-order valence-electron chi connectivity index (χ1n) is 9.96. The van der Waals surface area contributed by atoms with Crippen LogP contribution < -0.4 is 10.6 Å². The highest BCUT2D eigenvalue weighted by atomic mass is 32.2. The van der Waals surface area contributed by atoms with E-state index in [1.807, 2.05) is 68.4 Å². The van der Waals surface area contributed by atoms with E-state index in [0.29, 0.717) is 13.1 Å². The van der Waals surface area contributed by atoms with Crippen LogP contribution in [-0.4, -0.2) is 46.7 Å². The van der Waals surface area contributed by atoms with E-state index in [9.17, 15) is 14.4 Å². The Balaban J connectivity index is 1.73. The number of hydrogen-bond acceptors (Lipinski definition) is 4. The summed E-state index contributed by atoms with van der Waals surface area (Å²) in [6.07, 6.45) is 0. The summed E-state index contributed by atoms with van der Waals surface area (Å²) >= 11 is 1.23. The molecular weight excluding hydrogens is 398 g/mol. The summed E-state index contributed by atoms with van der Waals surface area (Å²) in [5.74, 6) is -0.401. The van der Waals surface area contributed by atoms with Gasteiger partial charge in [0.15, 0.2) is 0 Å². The predicted molar refractivity (Wildman–Crippen MR) is 122 cm³/mol. The summed E-state index contributed by atoms with van der Waals surface area (Å²) in [5, 5.41) is 5.05. The molecular formula is C23H29N3O3S. The maximum absolute atomic E-state index is 12.4. The van der Waals surface area contributed by atoms with Gasteiger partial charge in [-0.05, 0) is 38.5 Å². The normalized spacial score (nSPS) is 11.4. The molecule has 0 aliphatic heterocycles. The number of carbonyl (C=O) groups is 3. The smallest absolute Gasteiger partial charge is 0.242 e. The van der Waals surface area contributed by atoms with E-state index >= 15 is 0 Å². The van der Waals surface area contributed by atoms with Crippen LogP contribution in [0.15, 0.2) is 54.6 Å². The van der Waals surface area contributed by atoms with Crippen LogP contribution in [0.25, 0.3) is 0 Å². The average Bonchev–Trinajstić information content (AvgIpc) is 2.76. The van der Waals surface area contributed by atoms with Crippen LogP contribution in [0.1, 0.15) is 25.0 Å². The lowest BCUT2D eigenvalue weighted by Gasteiger charge is -2.21. The van der Waals surface area contributed by atoms with Crippen LogP contribution in [0.3, 0.4) is 0 Å². The minimum absolute atomic E-state index is 0.0556. The standard InChI is InChI=1S/C23H29N3O3S/c1-4-26(15-19-8-6-5-7-9-19)22(28)14-24-23(29)18(3)30-16-21(27)25-20-12-10-17(2)11-13-20/h5-13,18H,4,14-16H2,1-3H3,(H,24,29)(H,25,27). The second-order valence-corrected chi connectivity index (χ2v) is 8.31. The molecule has 1 unspecified atom stereocenters. The minimum Gasteiger partial charge on any atom is -0.346 e. The summed E-state index contributed by atoms with van der Waals surface area (Å²) in [4.78, 5) is 38.5. The zero-order chi connectivity index (χ0) is 21.9. The van der Waals surface area contributed by atoms with Gasteiger partial charge < -0.3 is 15.5 Å². The molecule has 0 fully saturated rings. The molecule has 0 aliphatic rings. The molecule has 2 aromatic rings. The summed E-state index contributed by atoms with van der Waals surface area (Å²) in [7, 11) is 0. The second kappa shape index (κ2) is 12.0. The molecule has 7 heteroatoms. The molecule has 0 aliphatic carbocycles. The van der Waals surface area contributed by atoms with Gasteiger partial charge in [-0.25, -0.2) is 0 Å². The van der Waals surface area contributed by atoms with Crippen molar-refractivity contribution in [2.24, 2.45) is 0 Å².